The number of rotatable bonds is 7. The molecule has 0 amide bonds. The summed E-state index contributed by atoms with van der Waals surface area (Å²) in [6.07, 6.45) is 4.81. The van der Waals surface area contributed by atoms with Crippen molar-refractivity contribution < 1.29 is 4.74 Å². The van der Waals surface area contributed by atoms with Crippen molar-refractivity contribution >= 4 is 0 Å². The van der Waals surface area contributed by atoms with Crippen LogP contribution in [0.5, 0.6) is 5.75 Å². The Hall–Kier alpha value is -1.81. The summed E-state index contributed by atoms with van der Waals surface area (Å²) in [5.41, 5.74) is 1.23. The van der Waals surface area contributed by atoms with E-state index in [1.165, 1.54) is 5.56 Å². The van der Waals surface area contributed by atoms with Crippen molar-refractivity contribution in [3.63, 3.8) is 0 Å². The summed E-state index contributed by atoms with van der Waals surface area (Å²) in [5.74, 6) is 2.04. The fourth-order valence-corrected chi connectivity index (χ4v) is 2.33. The number of ether oxygens (including phenoxy) is 1. The third kappa shape index (κ3) is 3.61. The SMILES string of the molecule is CCn1ccnc1CNC(C)Cc1ccccc1OC. The summed E-state index contributed by atoms with van der Waals surface area (Å²) < 4.78 is 7.54. The van der Waals surface area contributed by atoms with Gasteiger partial charge in [0, 0.05) is 25.0 Å². The van der Waals surface area contributed by atoms with E-state index in [2.05, 4.69) is 34.8 Å². The maximum absolute atomic E-state index is 5.39. The molecule has 0 saturated heterocycles. The van der Waals surface area contributed by atoms with Crippen molar-refractivity contribution in [2.45, 2.75) is 39.4 Å². The molecule has 20 heavy (non-hydrogen) atoms. The summed E-state index contributed by atoms with van der Waals surface area (Å²) in [4.78, 5) is 4.38. The number of nitrogens with one attached hydrogen (secondary N) is 1. The molecule has 0 aliphatic rings. The second kappa shape index (κ2) is 7.10. The minimum absolute atomic E-state index is 0.369. The number of hydrogen-bond donors (Lipinski definition) is 1. The van der Waals surface area contributed by atoms with Crippen molar-refractivity contribution in [2.24, 2.45) is 0 Å². The van der Waals surface area contributed by atoms with Crippen LogP contribution < -0.4 is 10.1 Å². The van der Waals surface area contributed by atoms with E-state index in [0.29, 0.717) is 6.04 Å². The molecule has 0 fully saturated rings. The highest BCUT2D eigenvalue weighted by Gasteiger charge is 2.09. The largest absolute Gasteiger partial charge is 0.496 e. The predicted octanol–water partition coefficient (Wildman–Crippen LogP) is 2.63. The highest BCUT2D eigenvalue weighted by atomic mass is 16.5. The number of benzene rings is 1. The van der Waals surface area contributed by atoms with Crippen LogP contribution in [0, 0.1) is 0 Å². The molecule has 0 aliphatic heterocycles. The molecule has 2 aromatic rings. The van der Waals surface area contributed by atoms with Crippen LogP contribution in [0.3, 0.4) is 0 Å². The third-order valence-corrected chi connectivity index (χ3v) is 3.47. The van der Waals surface area contributed by atoms with E-state index in [9.17, 15) is 0 Å². The molecule has 1 heterocycles. The standard InChI is InChI=1S/C16H23N3O/c1-4-19-10-9-17-16(19)12-18-13(2)11-14-7-5-6-8-15(14)20-3/h5-10,13,18H,4,11-12H2,1-3H3. The van der Waals surface area contributed by atoms with Gasteiger partial charge in [0.2, 0.25) is 0 Å². The fourth-order valence-electron chi connectivity index (χ4n) is 2.33. The van der Waals surface area contributed by atoms with Gasteiger partial charge >= 0.3 is 0 Å². The van der Waals surface area contributed by atoms with E-state index in [1.54, 1.807) is 7.11 Å². The van der Waals surface area contributed by atoms with Gasteiger partial charge in [0.25, 0.3) is 0 Å². The van der Waals surface area contributed by atoms with Crippen molar-refractivity contribution in [1.82, 2.24) is 14.9 Å². The van der Waals surface area contributed by atoms with Crippen molar-refractivity contribution in [1.29, 1.82) is 0 Å². The molecule has 108 valence electrons. The number of aromatic nitrogens is 2. The Balaban J connectivity index is 1.91. The molecule has 4 nitrogen and oxygen atoms in total. The lowest BCUT2D eigenvalue weighted by atomic mass is 10.1. The maximum Gasteiger partial charge on any atom is 0.122 e. The highest BCUT2D eigenvalue weighted by molar-refractivity contribution is 5.33. The molecule has 0 saturated carbocycles. The van der Waals surface area contributed by atoms with Gasteiger partial charge in [-0.25, -0.2) is 4.98 Å². The van der Waals surface area contributed by atoms with Crippen molar-refractivity contribution in [2.75, 3.05) is 7.11 Å². The summed E-state index contributed by atoms with van der Waals surface area (Å²) in [7, 11) is 1.72. The van der Waals surface area contributed by atoms with E-state index in [0.717, 1.165) is 31.1 Å². The number of para-hydroxylation sites is 1. The monoisotopic (exact) mass is 273 g/mol. The molecule has 1 unspecified atom stereocenters. The molecule has 4 heteroatoms. The van der Waals surface area contributed by atoms with E-state index >= 15 is 0 Å². The molecule has 1 N–H and O–H groups in total. The zero-order chi connectivity index (χ0) is 14.4. The van der Waals surface area contributed by atoms with Crippen LogP contribution in [0.15, 0.2) is 36.7 Å². The molecule has 0 bridgehead atoms. The van der Waals surface area contributed by atoms with Crippen molar-refractivity contribution in [3.8, 4) is 5.75 Å². The van der Waals surface area contributed by atoms with E-state index in [4.69, 9.17) is 4.74 Å². The Kier molecular flexibility index (Phi) is 5.18. The third-order valence-electron chi connectivity index (χ3n) is 3.47. The van der Waals surface area contributed by atoms with E-state index in [-0.39, 0.29) is 0 Å². The second-order valence-electron chi connectivity index (χ2n) is 4.93. The van der Waals surface area contributed by atoms with Gasteiger partial charge in [-0.05, 0) is 31.9 Å². The normalized spacial score (nSPS) is 12.3. The van der Waals surface area contributed by atoms with Crippen LogP contribution in [0.2, 0.25) is 0 Å². The van der Waals surface area contributed by atoms with Gasteiger partial charge in [-0.2, -0.15) is 0 Å². The van der Waals surface area contributed by atoms with Gasteiger partial charge < -0.3 is 14.6 Å². The number of hydrogen-bond acceptors (Lipinski definition) is 3. The molecule has 0 aliphatic carbocycles. The fraction of sp³-hybridized carbons (Fsp3) is 0.438. The first kappa shape index (κ1) is 14.6. The summed E-state index contributed by atoms with van der Waals surface area (Å²) in [6, 6.07) is 8.54. The van der Waals surface area contributed by atoms with Crippen LogP contribution in [-0.4, -0.2) is 22.7 Å². The average Bonchev–Trinajstić information content (AvgIpc) is 2.93. The first-order valence-electron chi connectivity index (χ1n) is 7.09. The van der Waals surface area contributed by atoms with Gasteiger partial charge in [-0.3, -0.25) is 0 Å². The van der Waals surface area contributed by atoms with Crippen LogP contribution in [-0.2, 0) is 19.5 Å². The van der Waals surface area contributed by atoms with Gasteiger partial charge in [0.1, 0.15) is 11.6 Å². The second-order valence-corrected chi connectivity index (χ2v) is 4.93. The zero-order valence-corrected chi connectivity index (χ0v) is 12.5. The molecule has 0 radical (unpaired) electrons. The van der Waals surface area contributed by atoms with Gasteiger partial charge in [0.15, 0.2) is 0 Å². The minimum atomic E-state index is 0.369. The first-order chi connectivity index (χ1) is 9.74. The maximum atomic E-state index is 5.39. The van der Waals surface area contributed by atoms with Gasteiger partial charge in [-0.1, -0.05) is 18.2 Å². The average molecular weight is 273 g/mol. The Labute approximate surface area is 120 Å². The molecule has 1 aromatic heterocycles. The van der Waals surface area contributed by atoms with Crippen LogP contribution in [0.25, 0.3) is 0 Å². The highest BCUT2D eigenvalue weighted by Crippen LogP contribution is 2.18. The Morgan fingerprint density at radius 2 is 2.15 bits per heavy atom. The van der Waals surface area contributed by atoms with Gasteiger partial charge in [0.05, 0.1) is 13.7 Å². The van der Waals surface area contributed by atoms with Crippen LogP contribution in [0.1, 0.15) is 25.2 Å². The van der Waals surface area contributed by atoms with Gasteiger partial charge in [-0.15, -0.1) is 0 Å². The quantitative estimate of drug-likeness (QED) is 0.843. The molecular formula is C16H23N3O. The number of aryl methyl sites for hydroxylation is 1. The summed E-state index contributed by atoms with van der Waals surface area (Å²) in [5, 5.41) is 3.52. The molecular weight excluding hydrogens is 250 g/mol. The molecule has 2 rings (SSSR count). The van der Waals surface area contributed by atoms with E-state index < -0.39 is 0 Å². The lowest BCUT2D eigenvalue weighted by Crippen LogP contribution is -2.29. The molecule has 1 atom stereocenters. The Morgan fingerprint density at radius 1 is 1.35 bits per heavy atom. The van der Waals surface area contributed by atoms with Crippen molar-refractivity contribution in [3.05, 3.63) is 48.0 Å². The predicted molar refractivity (Wildman–Crippen MR) is 80.9 cm³/mol. The smallest absolute Gasteiger partial charge is 0.122 e. The minimum Gasteiger partial charge on any atom is -0.496 e. The number of imidazole rings is 1. The first-order valence-corrected chi connectivity index (χ1v) is 7.09. The molecule has 1 aromatic carbocycles. The van der Waals surface area contributed by atoms with E-state index in [1.807, 2.05) is 30.6 Å². The lowest BCUT2D eigenvalue weighted by molar-refractivity contribution is 0.405. The van der Waals surface area contributed by atoms with Crippen LogP contribution >= 0.6 is 0 Å². The Bertz CT molecular complexity index is 536. The zero-order valence-electron chi connectivity index (χ0n) is 12.5. The number of nitrogens with zero attached hydrogens (tertiary/aromatic N) is 2. The lowest BCUT2D eigenvalue weighted by Gasteiger charge is -2.16. The topological polar surface area (TPSA) is 39.1 Å². The molecule has 0 spiro atoms. The number of methoxy groups -OCH3 is 1. The summed E-state index contributed by atoms with van der Waals surface area (Å²) >= 11 is 0. The Morgan fingerprint density at radius 3 is 2.90 bits per heavy atom. The summed E-state index contributed by atoms with van der Waals surface area (Å²) in [6.45, 7) is 6.06. The van der Waals surface area contributed by atoms with Crippen LogP contribution in [0.4, 0.5) is 0 Å².